The fourth-order valence-corrected chi connectivity index (χ4v) is 2.69. The van der Waals surface area contributed by atoms with Gasteiger partial charge in [0, 0.05) is 6.54 Å². The number of carbonyl (C=O) groups is 1. The van der Waals surface area contributed by atoms with Gasteiger partial charge in [-0.3, -0.25) is 4.90 Å². The van der Waals surface area contributed by atoms with Gasteiger partial charge < -0.3 is 4.74 Å². The zero-order valence-electron chi connectivity index (χ0n) is 13.5. The van der Waals surface area contributed by atoms with Crippen LogP contribution in [0.5, 0.6) is 0 Å². The van der Waals surface area contributed by atoms with Gasteiger partial charge in [0.25, 0.3) is 0 Å². The van der Waals surface area contributed by atoms with Crippen LogP contribution in [0.3, 0.4) is 0 Å². The third kappa shape index (κ3) is 3.75. The number of hydrogen-bond donors (Lipinski definition) is 0. The number of halogens is 1. The molecule has 0 saturated heterocycles. The van der Waals surface area contributed by atoms with Crippen LogP contribution in [0.4, 0.5) is 4.79 Å². The van der Waals surface area contributed by atoms with Gasteiger partial charge in [-0.25, -0.2) is 14.5 Å². The third-order valence-electron chi connectivity index (χ3n) is 3.35. The van der Waals surface area contributed by atoms with E-state index in [-0.39, 0.29) is 17.6 Å². The highest BCUT2D eigenvalue weighted by Crippen LogP contribution is 2.35. The molecule has 0 aliphatic carbocycles. The summed E-state index contributed by atoms with van der Waals surface area (Å²) in [6.45, 7) is 13.0. The van der Waals surface area contributed by atoms with Crippen LogP contribution in [0.25, 0.3) is 0 Å². The van der Waals surface area contributed by atoms with E-state index in [4.69, 9.17) is 4.74 Å². The highest BCUT2D eigenvalue weighted by Gasteiger charge is 2.38. The van der Waals surface area contributed by atoms with E-state index in [1.54, 1.807) is 4.90 Å². The van der Waals surface area contributed by atoms with Gasteiger partial charge in [0.1, 0.15) is 11.4 Å². The van der Waals surface area contributed by atoms with Crippen molar-refractivity contribution in [3.05, 3.63) is 10.6 Å². The fraction of sp³-hybridized carbons (Fsp3) is 0.786. The lowest BCUT2D eigenvalue weighted by Gasteiger charge is -2.39. The maximum absolute atomic E-state index is 12.3. The Bertz CT molecular complexity index is 542. The number of amides is 1. The summed E-state index contributed by atoms with van der Waals surface area (Å²) in [4.78, 5) is 18.4. The lowest BCUT2D eigenvalue weighted by atomic mass is 9.85. The Morgan fingerprint density at radius 2 is 1.90 bits per heavy atom. The average Bonchev–Trinajstić information content (AvgIpc) is 2.63. The van der Waals surface area contributed by atoms with Crippen LogP contribution < -0.4 is 0 Å². The SMILES string of the molecule is CC(C)(C)OC(=O)N1Cc2nc(Br)nn2C(C(C)(C)C)C1. The Labute approximate surface area is 134 Å². The van der Waals surface area contributed by atoms with Gasteiger partial charge in [-0.05, 0) is 42.1 Å². The largest absolute Gasteiger partial charge is 0.444 e. The van der Waals surface area contributed by atoms with E-state index in [2.05, 4.69) is 46.8 Å². The van der Waals surface area contributed by atoms with E-state index in [9.17, 15) is 4.79 Å². The van der Waals surface area contributed by atoms with Crippen LogP contribution in [0.1, 0.15) is 53.4 Å². The first kappa shape index (κ1) is 16.3. The van der Waals surface area contributed by atoms with Gasteiger partial charge in [0.05, 0.1) is 12.6 Å². The Balaban J connectivity index is 2.28. The van der Waals surface area contributed by atoms with Crippen LogP contribution in [0, 0.1) is 5.41 Å². The number of nitrogens with zero attached hydrogens (tertiary/aromatic N) is 4. The van der Waals surface area contributed by atoms with Crippen LogP contribution in [0.2, 0.25) is 0 Å². The zero-order chi connectivity index (χ0) is 16.0. The summed E-state index contributed by atoms with van der Waals surface area (Å²) in [5.41, 5.74) is -0.539. The fourth-order valence-electron chi connectivity index (χ4n) is 2.31. The molecule has 7 heteroatoms. The second-order valence-electron chi connectivity index (χ2n) is 7.48. The normalized spacial score (nSPS) is 19.4. The van der Waals surface area contributed by atoms with Crippen molar-refractivity contribution in [2.45, 2.75) is 59.7 Å². The van der Waals surface area contributed by atoms with E-state index < -0.39 is 5.60 Å². The molecule has 0 bridgehead atoms. The molecule has 21 heavy (non-hydrogen) atoms. The van der Waals surface area contributed by atoms with Crippen molar-refractivity contribution in [1.82, 2.24) is 19.7 Å². The molecule has 1 aromatic heterocycles. The lowest BCUT2D eigenvalue weighted by Crippen LogP contribution is -2.47. The van der Waals surface area contributed by atoms with Gasteiger partial charge >= 0.3 is 6.09 Å². The molecule has 0 fully saturated rings. The minimum Gasteiger partial charge on any atom is -0.444 e. The third-order valence-corrected chi connectivity index (χ3v) is 3.68. The number of fused-ring (bicyclic) bond motifs is 1. The Kier molecular flexibility index (Phi) is 4.08. The van der Waals surface area contributed by atoms with E-state index >= 15 is 0 Å². The molecule has 6 nitrogen and oxygen atoms in total. The Morgan fingerprint density at radius 1 is 1.29 bits per heavy atom. The summed E-state index contributed by atoms with van der Waals surface area (Å²) >= 11 is 3.31. The van der Waals surface area contributed by atoms with E-state index in [0.717, 1.165) is 5.82 Å². The van der Waals surface area contributed by atoms with Crippen molar-refractivity contribution in [3.8, 4) is 0 Å². The smallest absolute Gasteiger partial charge is 0.410 e. The van der Waals surface area contributed by atoms with Crippen LogP contribution in [-0.4, -0.2) is 37.9 Å². The van der Waals surface area contributed by atoms with Crippen molar-refractivity contribution in [2.75, 3.05) is 6.54 Å². The minimum atomic E-state index is -0.500. The maximum atomic E-state index is 12.3. The highest BCUT2D eigenvalue weighted by molar-refractivity contribution is 9.10. The van der Waals surface area contributed by atoms with Gasteiger partial charge in [-0.15, -0.1) is 5.10 Å². The van der Waals surface area contributed by atoms with Crippen molar-refractivity contribution in [1.29, 1.82) is 0 Å². The van der Waals surface area contributed by atoms with E-state index in [1.807, 2.05) is 25.5 Å². The second-order valence-corrected chi connectivity index (χ2v) is 8.19. The predicted molar refractivity (Wildman–Crippen MR) is 82.9 cm³/mol. The van der Waals surface area contributed by atoms with Crippen LogP contribution in [0.15, 0.2) is 4.73 Å². The number of rotatable bonds is 0. The molecular formula is C14H23BrN4O2. The molecule has 1 amide bonds. The molecule has 2 heterocycles. The first-order chi connectivity index (χ1) is 9.47. The van der Waals surface area contributed by atoms with Crippen LogP contribution in [-0.2, 0) is 11.3 Å². The molecule has 118 valence electrons. The minimum absolute atomic E-state index is 0.0391. The van der Waals surface area contributed by atoms with Gasteiger partial charge in [0.15, 0.2) is 0 Å². The first-order valence-electron chi connectivity index (χ1n) is 7.06. The zero-order valence-corrected chi connectivity index (χ0v) is 15.1. The molecule has 2 rings (SSSR count). The first-order valence-corrected chi connectivity index (χ1v) is 7.85. The number of carbonyl (C=O) groups excluding carboxylic acids is 1. The summed E-state index contributed by atoms with van der Waals surface area (Å²) in [5, 5.41) is 4.41. The number of aromatic nitrogens is 3. The van der Waals surface area contributed by atoms with Gasteiger partial charge in [-0.1, -0.05) is 20.8 Å². The highest BCUT2D eigenvalue weighted by atomic mass is 79.9. The topological polar surface area (TPSA) is 60.2 Å². The lowest BCUT2D eigenvalue weighted by molar-refractivity contribution is 0.00852. The summed E-state index contributed by atoms with van der Waals surface area (Å²) in [6, 6.07) is 0.0626. The molecule has 1 aliphatic rings. The molecule has 0 spiro atoms. The molecular weight excluding hydrogens is 336 g/mol. The Hall–Kier alpha value is -1.11. The average molecular weight is 359 g/mol. The van der Waals surface area contributed by atoms with Crippen molar-refractivity contribution < 1.29 is 9.53 Å². The van der Waals surface area contributed by atoms with E-state index in [0.29, 0.717) is 17.8 Å². The maximum Gasteiger partial charge on any atom is 0.410 e. The second kappa shape index (κ2) is 5.26. The molecule has 0 N–H and O–H groups in total. The number of ether oxygens (including phenoxy) is 1. The van der Waals surface area contributed by atoms with Crippen LogP contribution >= 0.6 is 15.9 Å². The summed E-state index contributed by atoms with van der Waals surface area (Å²) in [7, 11) is 0. The van der Waals surface area contributed by atoms with Crippen molar-refractivity contribution in [3.63, 3.8) is 0 Å². The molecule has 1 aromatic rings. The monoisotopic (exact) mass is 358 g/mol. The Morgan fingerprint density at radius 3 is 2.43 bits per heavy atom. The molecule has 0 saturated carbocycles. The van der Waals surface area contributed by atoms with Crippen molar-refractivity contribution in [2.24, 2.45) is 5.41 Å². The number of hydrogen-bond acceptors (Lipinski definition) is 4. The molecule has 0 radical (unpaired) electrons. The quantitative estimate of drug-likeness (QED) is 0.713. The molecule has 1 unspecified atom stereocenters. The molecule has 1 atom stereocenters. The van der Waals surface area contributed by atoms with Crippen molar-refractivity contribution >= 4 is 22.0 Å². The predicted octanol–water partition coefficient (Wildman–Crippen LogP) is 3.38. The standard InChI is InChI=1S/C14H23BrN4O2/c1-13(2,3)9-7-18(12(20)21-14(4,5)6)8-10-16-11(15)17-19(9)10/h9H,7-8H2,1-6H3. The summed E-state index contributed by atoms with van der Waals surface area (Å²) in [6.07, 6.45) is -0.304. The van der Waals surface area contributed by atoms with E-state index in [1.165, 1.54) is 0 Å². The van der Waals surface area contributed by atoms with Gasteiger partial charge in [0.2, 0.25) is 4.73 Å². The molecule has 0 aromatic carbocycles. The summed E-state index contributed by atoms with van der Waals surface area (Å²) in [5.74, 6) is 0.777. The molecule has 1 aliphatic heterocycles. The summed E-state index contributed by atoms with van der Waals surface area (Å²) < 4.78 is 7.95. The van der Waals surface area contributed by atoms with Gasteiger partial charge in [-0.2, -0.15) is 0 Å².